The van der Waals surface area contributed by atoms with Gasteiger partial charge in [-0.2, -0.15) is 5.10 Å². The lowest BCUT2D eigenvalue weighted by Crippen LogP contribution is -1.88. The summed E-state index contributed by atoms with van der Waals surface area (Å²) in [5, 5.41) is 19.2. The first-order valence-electron chi connectivity index (χ1n) is 10.5. The zero-order valence-electron chi connectivity index (χ0n) is 18.0. The van der Waals surface area contributed by atoms with Crippen molar-refractivity contribution in [3.8, 4) is 45.3 Å². The van der Waals surface area contributed by atoms with E-state index in [2.05, 4.69) is 25.1 Å². The number of rotatable bonds is 4. The number of halogens is 1. The molecule has 0 aliphatic carbocycles. The molecule has 4 heterocycles. The Hall–Kier alpha value is -4.72. The van der Waals surface area contributed by atoms with Crippen LogP contribution >= 0.6 is 0 Å². The summed E-state index contributed by atoms with van der Waals surface area (Å²) in [6.45, 7) is 0. The summed E-state index contributed by atoms with van der Waals surface area (Å²) in [6.07, 6.45) is 5.12. The van der Waals surface area contributed by atoms with Crippen molar-refractivity contribution in [2.24, 2.45) is 0 Å². The molecule has 6 rings (SSSR count). The Morgan fingerprint density at radius 2 is 1.82 bits per heavy atom. The van der Waals surface area contributed by atoms with E-state index >= 15 is 0 Å². The number of benzene rings is 2. The van der Waals surface area contributed by atoms with E-state index in [1.807, 2.05) is 36.4 Å². The molecule has 0 aliphatic heterocycles. The third-order valence-electron chi connectivity index (χ3n) is 5.80. The number of hydrogen-bond donors (Lipinski definition) is 3. The lowest BCUT2D eigenvalue weighted by molar-refractivity contribution is 0.413. The molecule has 0 amide bonds. The lowest BCUT2D eigenvalue weighted by Gasteiger charge is -2.05. The van der Waals surface area contributed by atoms with Crippen LogP contribution in [0.1, 0.15) is 0 Å². The molecule has 4 aromatic heterocycles. The third kappa shape index (κ3) is 3.32. The van der Waals surface area contributed by atoms with Gasteiger partial charge in [-0.3, -0.25) is 15.1 Å². The maximum absolute atomic E-state index is 13.9. The smallest absolute Gasteiger partial charge is 0.137 e. The Bertz CT molecular complexity index is 1670. The van der Waals surface area contributed by atoms with E-state index in [-0.39, 0.29) is 5.75 Å². The van der Waals surface area contributed by atoms with Crippen molar-refractivity contribution in [3.05, 3.63) is 79.0 Å². The second-order valence-corrected chi connectivity index (χ2v) is 7.95. The van der Waals surface area contributed by atoms with Gasteiger partial charge in [0.05, 0.1) is 36.4 Å². The van der Waals surface area contributed by atoms with Crippen LogP contribution < -0.4 is 4.74 Å². The second-order valence-electron chi connectivity index (χ2n) is 7.95. The van der Waals surface area contributed by atoms with E-state index in [1.165, 1.54) is 6.07 Å². The number of ether oxygens (including phenoxy) is 1. The standard InChI is InChI=1S/C26H18FN5O2/c1-34-18-7-15(11-28-12-18)23-10-21-25(13-29-23)31-32-26(21)24-9-20-19(3-2-4-22(20)30-24)14-5-16(27)8-17(33)6-14/h2-13,30,33H,1H3,(H,31,32). The summed E-state index contributed by atoms with van der Waals surface area (Å²) in [5.41, 5.74) is 6.18. The lowest BCUT2D eigenvalue weighted by atomic mass is 10.0. The predicted molar refractivity (Wildman–Crippen MR) is 128 cm³/mol. The van der Waals surface area contributed by atoms with Gasteiger partial charge in [0.15, 0.2) is 0 Å². The fourth-order valence-electron chi connectivity index (χ4n) is 4.21. The SMILES string of the molecule is COc1cncc(-c2cc3c(-c4cc5c(-c6cc(O)cc(F)c6)cccc5[nH]4)n[nH]c3cn2)c1. The van der Waals surface area contributed by atoms with Crippen molar-refractivity contribution in [3.63, 3.8) is 0 Å². The van der Waals surface area contributed by atoms with Crippen LogP contribution in [-0.4, -0.2) is 37.4 Å². The zero-order valence-corrected chi connectivity index (χ0v) is 18.0. The highest BCUT2D eigenvalue weighted by Gasteiger charge is 2.15. The number of nitrogens with one attached hydrogen (secondary N) is 2. The highest BCUT2D eigenvalue weighted by molar-refractivity contribution is 6.01. The minimum absolute atomic E-state index is 0.117. The van der Waals surface area contributed by atoms with Crippen LogP contribution in [0.15, 0.2) is 73.2 Å². The first-order valence-corrected chi connectivity index (χ1v) is 10.5. The van der Waals surface area contributed by atoms with E-state index in [4.69, 9.17) is 4.74 Å². The maximum atomic E-state index is 13.9. The Morgan fingerprint density at radius 3 is 2.68 bits per heavy atom. The Balaban J connectivity index is 1.49. The zero-order chi connectivity index (χ0) is 23.2. The molecule has 6 aromatic rings. The van der Waals surface area contributed by atoms with Crippen LogP contribution in [0.5, 0.6) is 11.5 Å². The van der Waals surface area contributed by atoms with Gasteiger partial charge >= 0.3 is 0 Å². The van der Waals surface area contributed by atoms with E-state index in [1.54, 1.807) is 31.8 Å². The van der Waals surface area contributed by atoms with Gasteiger partial charge in [0.2, 0.25) is 0 Å². The van der Waals surface area contributed by atoms with Crippen LogP contribution in [0.4, 0.5) is 4.39 Å². The fourth-order valence-corrected chi connectivity index (χ4v) is 4.21. The molecule has 0 fully saturated rings. The number of pyridine rings is 2. The van der Waals surface area contributed by atoms with Crippen LogP contribution in [-0.2, 0) is 0 Å². The molecule has 8 heteroatoms. The summed E-state index contributed by atoms with van der Waals surface area (Å²) < 4.78 is 19.2. The number of phenolic OH excluding ortho intramolecular Hbond substituents is 1. The first-order chi connectivity index (χ1) is 16.6. The molecular formula is C26H18FN5O2. The number of aromatic amines is 2. The highest BCUT2D eigenvalue weighted by atomic mass is 19.1. The number of aromatic nitrogens is 5. The maximum Gasteiger partial charge on any atom is 0.137 e. The van der Waals surface area contributed by atoms with E-state index in [0.717, 1.165) is 56.1 Å². The molecule has 0 aliphatic rings. The summed E-state index contributed by atoms with van der Waals surface area (Å²) >= 11 is 0. The Kier molecular flexibility index (Phi) is 4.51. The molecule has 166 valence electrons. The number of methoxy groups -OCH3 is 1. The number of phenols is 1. The van der Waals surface area contributed by atoms with Crippen molar-refractivity contribution in [1.29, 1.82) is 0 Å². The Labute approximate surface area is 192 Å². The monoisotopic (exact) mass is 451 g/mol. The predicted octanol–water partition coefficient (Wildman–Crippen LogP) is 5.69. The molecular weight excluding hydrogens is 433 g/mol. The normalized spacial score (nSPS) is 11.4. The number of aromatic hydroxyl groups is 1. The first kappa shape index (κ1) is 19.9. The molecule has 0 radical (unpaired) electrons. The summed E-state index contributed by atoms with van der Waals surface area (Å²) in [4.78, 5) is 12.2. The number of H-pyrrole nitrogens is 2. The number of fused-ring (bicyclic) bond motifs is 2. The minimum Gasteiger partial charge on any atom is -0.508 e. The average molecular weight is 451 g/mol. The molecule has 0 atom stereocenters. The van der Waals surface area contributed by atoms with Gasteiger partial charge < -0.3 is 14.8 Å². The molecule has 0 spiro atoms. The molecule has 7 nitrogen and oxygen atoms in total. The van der Waals surface area contributed by atoms with E-state index in [9.17, 15) is 9.50 Å². The van der Waals surface area contributed by atoms with Crippen molar-refractivity contribution < 1.29 is 14.2 Å². The van der Waals surface area contributed by atoms with Gasteiger partial charge in [-0.05, 0) is 47.5 Å². The second kappa shape index (κ2) is 7.70. The van der Waals surface area contributed by atoms with Crippen LogP contribution in [0.25, 0.3) is 55.6 Å². The largest absolute Gasteiger partial charge is 0.508 e. The van der Waals surface area contributed by atoms with E-state index < -0.39 is 5.82 Å². The van der Waals surface area contributed by atoms with Gasteiger partial charge in [0.1, 0.15) is 23.0 Å². The van der Waals surface area contributed by atoms with Gasteiger partial charge in [-0.15, -0.1) is 0 Å². The molecule has 0 unspecified atom stereocenters. The van der Waals surface area contributed by atoms with Crippen LogP contribution in [0.2, 0.25) is 0 Å². The molecule has 2 aromatic carbocycles. The summed E-state index contributed by atoms with van der Waals surface area (Å²) in [7, 11) is 1.60. The molecule has 0 saturated heterocycles. The van der Waals surface area contributed by atoms with Crippen molar-refractivity contribution in [1.82, 2.24) is 25.1 Å². The minimum atomic E-state index is -0.492. The molecule has 34 heavy (non-hydrogen) atoms. The fraction of sp³-hybridized carbons (Fsp3) is 0.0385. The molecule has 0 bridgehead atoms. The van der Waals surface area contributed by atoms with E-state index in [0.29, 0.717) is 11.3 Å². The highest BCUT2D eigenvalue weighted by Crippen LogP contribution is 2.36. The number of nitrogens with zero attached hydrogens (tertiary/aromatic N) is 3. The van der Waals surface area contributed by atoms with Crippen molar-refractivity contribution in [2.75, 3.05) is 7.11 Å². The van der Waals surface area contributed by atoms with Gasteiger partial charge in [0.25, 0.3) is 0 Å². The quantitative estimate of drug-likeness (QED) is 0.320. The van der Waals surface area contributed by atoms with Crippen molar-refractivity contribution in [2.45, 2.75) is 0 Å². The topological polar surface area (TPSA) is 99.7 Å². The van der Waals surface area contributed by atoms with Gasteiger partial charge in [-0.1, -0.05) is 12.1 Å². The van der Waals surface area contributed by atoms with Gasteiger partial charge in [0, 0.05) is 34.1 Å². The third-order valence-corrected chi connectivity index (χ3v) is 5.80. The van der Waals surface area contributed by atoms with Crippen LogP contribution in [0, 0.1) is 5.82 Å². The van der Waals surface area contributed by atoms with Gasteiger partial charge in [-0.25, -0.2) is 4.39 Å². The average Bonchev–Trinajstić information content (AvgIpc) is 3.46. The summed E-state index contributed by atoms with van der Waals surface area (Å²) in [5.74, 6) is 0.0413. The molecule has 0 saturated carbocycles. The van der Waals surface area contributed by atoms with Crippen molar-refractivity contribution >= 4 is 21.8 Å². The molecule has 3 N–H and O–H groups in total. The van der Waals surface area contributed by atoms with Crippen LogP contribution in [0.3, 0.4) is 0 Å². The summed E-state index contributed by atoms with van der Waals surface area (Å²) in [6, 6.07) is 15.6. The number of hydrogen-bond acceptors (Lipinski definition) is 5. The Morgan fingerprint density at radius 1 is 0.912 bits per heavy atom.